The van der Waals surface area contributed by atoms with Crippen molar-refractivity contribution >= 4 is 11.6 Å². The SMILES string of the molecule is CCN1CCC(c2cccc(Cl)c2CN)CC1. The van der Waals surface area contributed by atoms with E-state index in [1.165, 1.54) is 31.5 Å². The topological polar surface area (TPSA) is 29.3 Å². The first-order valence-electron chi connectivity index (χ1n) is 6.46. The summed E-state index contributed by atoms with van der Waals surface area (Å²) in [7, 11) is 0. The Balaban J connectivity index is 2.15. The molecule has 94 valence electrons. The van der Waals surface area contributed by atoms with E-state index in [0.29, 0.717) is 12.5 Å². The van der Waals surface area contributed by atoms with Gasteiger partial charge in [-0.05, 0) is 55.6 Å². The number of hydrogen-bond donors (Lipinski definition) is 1. The van der Waals surface area contributed by atoms with Gasteiger partial charge in [0, 0.05) is 11.6 Å². The van der Waals surface area contributed by atoms with Gasteiger partial charge >= 0.3 is 0 Å². The number of piperidine rings is 1. The van der Waals surface area contributed by atoms with Crippen LogP contribution in [0.4, 0.5) is 0 Å². The van der Waals surface area contributed by atoms with Crippen LogP contribution in [0.25, 0.3) is 0 Å². The van der Waals surface area contributed by atoms with Gasteiger partial charge in [-0.2, -0.15) is 0 Å². The summed E-state index contributed by atoms with van der Waals surface area (Å²) in [5, 5.41) is 0.822. The Labute approximate surface area is 109 Å². The van der Waals surface area contributed by atoms with Crippen LogP contribution in [0.15, 0.2) is 18.2 Å². The molecule has 2 N–H and O–H groups in total. The molecule has 0 aromatic heterocycles. The van der Waals surface area contributed by atoms with Gasteiger partial charge in [-0.3, -0.25) is 0 Å². The maximum atomic E-state index is 6.21. The van der Waals surface area contributed by atoms with Crippen molar-refractivity contribution in [2.24, 2.45) is 5.73 Å². The summed E-state index contributed by atoms with van der Waals surface area (Å²) in [4.78, 5) is 2.50. The van der Waals surface area contributed by atoms with E-state index in [4.69, 9.17) is 17.3 Å². The van der Waals surface area contributed by atoms with E-state index in [9.17, 15) is 0 Å². The molecule has 0 amide bonds. The van der Waals surface area contributed by atoms with Gasteiger partial charge in [0.15, 0.2) is 0 Å². The van der Waals surface area contributed by atoms with E-state index in [1.807, 2.05) is 12.1 Å². The Morgan fingerprint density at radius 2 is 2.06 bits per heavy atom. The molecule has 1 heterocycles. The first kappa shape index (κ1) is 12.9. The highest BCUT2D eigenvalue weighted by Crippen LogP contribution is 2.32. The molecule has 1 aromatic rings. The molecule has 1 aromatic carbocycles. The Kier molecular flexibility index (Phi) is 4.43. The molecule has 0 radical (unpaired) electrons. The minimum atomic E-state index is 0.545. The third-order valence-corrected chi connectivity index (χ3v) is 4.19. The van der Waals surface area contributed by atoms with E-state index in [-0.39, 0.29) is 0 Å². The highest BCUT2D eigenvalue weighted by atomic mass is 35.5. The van der Waals surface area contributed by atoms with Crippen molar-refractivity contribution in [3.05, 3.63) is 34.3 Å². The largest absolute Gasteiger partial charge is 0.326 e. The number of rotatable bonds is 3. The van der Waals surface area contributed by atoms with Gasteiger partial charge in [0.2, 0.25) is 0 Å². The van der Waals surface area contributed by atoms with Gasteiger partial charge in [-0.1, -0.05) is 30.7 Å². The lowest BCUT2D eigenvalue weighted by Crippen LogP contribution is -2.33. The zero-order valence-corrected chi connectivity index (χ0v) is 11.2. The molecule has 0 spiro atoms. The second-order valence-corrected chi connectivity index (χ2v) is 5.13. The summed E-state index contributed by atoms with van der Waals surface area (Å²) in [6.45, 7) is 6.31. The number of halogens is 1. The van der Waals surface area contributed by atoms with Crippen molar-refractivity contribution in [2.75, 3.05) is 19.6 Å². The predicted molar refractivity (Wildman–Crippen MR) is 73.4 cm³/mol. The van der Waals surface area contributed by atoms with E-state index in [2.05, 4.69) is 17.9 Å². The van der Waals surface area contributed by atoms with Crippen molar-refractivity contribution < 1.29 is 0 Å². The van der Waals surface area contributed by atoms with Gasteiger partial charge in [0.1, 0.15) is 0 Å². The van der Waals surface area contributed by atoms with Crippen LogP contribution in [0.5, 0.6) is 0 Å². The molecule has 0 bridgehead atoms. The number of hydrogen-bond acceptors (Lipinski definition) is 2. The van der Waals surface area contributed by atoms with Crippen molar-refractivity contribution in [1.29, 1.82) is 0 Å². The van der Waals surface area contributed by atoms with Gasteiger partial charge in [-0.15, -0.1) is 0 Å². The van der Waals surface area contributed by atoms with Crippen molar-refractivity contribution in [2.45, 2.75) is 32.2 Å². The lowest BCUT2D eigenvalue weighted by atomic mass is 9.86. The molecule has 1 fully saturated rings. The average Bonchev–Trinajstić information content (AvgIpc) is 2.38. The molecule has 0 aliphatic carbocycles. The first-order valence-corrected chi connectivity index (χ1v) is 6.83. The maximum absolute atomic E-state index is 6.21. The van der Waals surface area contributed by atoms with E-state index >= 15 is 0 Å². The third kappa shape index (κ3) is 2.82. The van der Waals surface area contributed by atoms with Crippen molar-refractivity contribution in [3.8, 4) is 0 Å². The second-order valence-electron chi connectivity index (χ2n) is 4.72. The highest BCUT2D eigenvalue weighted by Gasteiger charge is 2.22. The van der Waals surface area contributed by atoms with E-state index < -0.39 is 0 Å². The van der Waals surface area contributed by atoms with Crippen LogP contribution in [0.3, 0.4) is 0 Å². The summed E-state index contributed by atoms with van der Waals surface area (Å²) >= 11 is 6.21. The minimum Gasteiger partial charge on any atom is -0.326 e. The standard InChI is InChI=1S/C14H21ClN2/c1-2-17-8-6-11(7-9-17)12-4-3-5-14(15)13(12)10-16/h3-5,11H,2,6-10,16H2,1H3. The molecule has 2 nitrogen and oxygen atoms in total. The quantitative estimate of drug-likeness (QED) is 0.896. The van der Waals surface area contributed by atoms with Crippen molar-refractivity contribution in [3.63, 3.8) is 0 Å². The Bertz CT molecular complexity index is 370. The van der Waals surface area contributed by atoms with Crippen LogP contribution in [0.1, 0.15) is 36.8 Å². The summed E-state index contributed by atoms with van der Waals surface area (Å²) in [5.41, 5.74) is 8.33. The summed E-state index contributed by atoms with van der Waals surface area (Å²) in [5.74, 6) is 0.634. The normalized spacial score (nSPS) is 18.5. The molecule has 2 rings (SSSR count). The van der Waals surface area contributed by atoms with Crippen LogP contribution < -0.4 is 5.73 Å². The summed E-state index contributed by atoms with van der Waals surface area (Å²) in [6.07, 6.45) is 2.45. The fourth-order valence-corrected chi connectivity index (χ4v) is 2.99. The van der Waals surface area contributed by atoms with E-state index in [1.54, 1.807) is 0 Å². The van der Waals surface area contributed by atoms with Gasteiger partial charge in [0.25, 0.3) is 0 Å². The van der Waals surface area contributed by atoms with Crippen molar-refractivity contribution in [1.82, 2.24) is 4.90 Å². The molecule has 0 atom stereocenters. The van der Waals surface area contributed by atoms with Gasteiger partial charge < -0.3 is 10.6 Å². The number of nitrogens with zero attached hydrogens (tertiary/aromatic N) is 1. The van der Waals surface area contributed by atoms with E-state index in [0.717, 1.165) is 17.1 Å². The minimum absolute atomic E-state index is 0.545. The van der Waals surface area contributed by atoms with Crippen LogP contribution in [-0.2, 0) is 6.54 Å². The Morgan fingerprint density at radius 1 is 1.35 bits per heavy atom. The molecule has 1 saturated heterocycles. The Hall–Kier alpha value is -0.570. The summed E-state index contributed by atoms with van der Waals surface area (Å²) in [6, 6.07) is 6.18. The fourth-order valence-electron chi connectivity index (χ4n) is 2.73. The molecule has 17 heavy (non-hydrogen) atoms. The van der Waals surface area contributed by atoms with Crippen LogP contribution in [-0.4, -0.2) is 24.5 Å². The predicted octanol–water partition coefficient (Wildman–Crippen LogP) is 3.00. The summed E-state index contributed by atoms with van der Waals surface area (Å²) < 4.78 is 0. The van der Waals surface area contributed by atoms with Gasteiger partial charge in [0.05, 0.1) is 0 Å². The van der Waals surface area contributed by atoms with Crippen LogP contribution >= 0.6 is 11.6 Å². The molecule has 1 aliphatic heterocycles. The molecular formula is C14H21ClN2. The maximum Gasteiger partial charge on any atom is 0.0453 e. The number of benzene rings is 1. The smallest absolute Gasteiger partial charge is 0.0453 e. The number of likely N-dealkylation sites (tertiary alicyclic amines) is 1. The van der Waals surface area contributed by atoms with Gasteiger partial charge in [-0.25, -0.2) is 0 Å². The zero-order valence-electron chi connectivity index (χ0n) is 10.5. The number of nitrogens with two attached hydrogens (primary N) is 1. The van der Waals surface area contributed by atoms with Crippen LogP contribution in [0.2, 0.25) is 5.02 Å². The molecular weight excluding hydrogens is 232 g/mol. The molecule has 1 aliphatic rings. The zero-order chi connectivity index (χ0) is 12.3. The monoisotopic (exact) mass is 252 g/mol. The lowest BCUT2D eigenvalue weighted by Gasteiger charge is -2.32. The second kappa shape index (κ2) is 5.85. The average molecular weight is 253 g/mol. The highest BCUT2D eigenvalue weighted by molar-refractivity contribution is 6.31. The third-order valence-electron chi connectivity index (χ3n) is 3.83. The molecule has 0 saturated carbocycles. The first-order chi connectivity index (χ1) is 8.26. The molecule has 3 heteroatoms. The Morgan fingerprint density at radius 3 is 2.65 bits per heavy atom. The lowest BCUT2D eigenvalue weighted by molar-refractivity contribution is 0.222. The van der Waals surface area contributed by atoms with Crippen LogP contribution in [0, 0.1) is 0 Å². The molecule has 0 unspecified atom stereocenters. The fraction of sp³-hybridized carbons (Fsp3) is 0.571.